The van der Waals surface area contributed by atoms with Crippen molar-refractivity contribution in [2.75, 3.05) is 45.4 Å². The highest BCUT2D eigenvalue weighted by Crippen LogP contribution is 2.35. The summed E-state index contributed by atoms with van der Waals surface area (Å²) in [5.41, 5.74) is 3.00. The van der Waals surface area contributed by atoms with E-state index in [4.69, 9.17) is 14.0 Å². The van der Waals surface area contributed by atoms with Gasteiger partial charge in [-0.15, -0.1) is 0 Å². The summed E-state index contributed by atoms with van der Waals surface area (Å²) in [5.74, 6) is 0.843. The van der Waals surface area contributed by atoms with Gasteiger partial charge in [-0.25, -0.2) is 0 Å². The summed E-state index contributed by atoms with van der Waals surface area (Å²) in [7, 11) is 3.86. The molecule has 1 aromatic carbocycles. The predicted octanol–water partition coefficient (Wildman–Crippen LogP) is 4.73. The number of anilines is 1. The van der Waals surface area contributed by atoms with Crippen molar-refractivity contribution < 1.29 is 19.1 Å². The van der Waals surface area contributed by atoms with Crippen LogP contribution in [-0.2, 0) is 16.0 Å². The van der Waals surface area contributed by atoms with Gasteiger partial charge in [-0.1, -0.05) is 54.8 Å². The van der Waals surface area contributed by atoms with Crippen molar-refractivity contribution in [3.63, 3.8) is 0 Å². The Morgan fingerprint density at radius 1 is 1.15 bits per heavy atom. The molecule has 0 spiro atoms. The van der Waals surface area contributed by atoms with Crippen molar-refractivity contribution in [2.24, 2.45) is 0 Å². The first-order valence-corrected chi connectivity index (χ1v) is 12.8. The van der Waals surface area contributed by atoms with Gasteiger partial charge < -0.3 is 24.0 Å². The molecule has 1 saturated carbocycles. The Morgan fingerprint density at radius 2 is 1.88 bits per heavy atom. The van der Waals surface area contributed by atoms with Gasteiger partial charge in [0.15, 0.2) is 0 Å². The summed E-state index contributed by atoms with van der Waals surface area (Å²) >= 11 is 0. The highest BCUT2D eigenvalue weighted by atomic mass is 16.5. The zero-order valence-corrected chi connectivity index (χ0v) is 21.4. The van der Waals surface area contributed by atoms with Crippen molar-refractivity contribution in [1.82, 2.24) is 10.1 Å². The SMILES string of the molecule is COCCCN(Cc1c(-c2ccccc2)noc1N(C)C1CCCCC1)C[C@@H](O)COC(C)C. The molecule has 1 N–H and O–H groups in total. The first kappa shape index (κ1) is 26.7. The van der Waals surface area contributed by atoms with E-state index < -0.39 is 6.10 Å². The molecule has 1 fully saturated rings. The van der Waals surface area contributed by atoms with E-state index in [1.54, 1.807) is 7.11 Å². The molecule has 1 aliphatic rings. The Bertz CT molecular complexity index is 821. The number of hydrogen-bond donors (Lipinski definition) is 1. The lowest BCUT2D eigenvalue weighted by atomic mass is 9.94. The van der Waals surface area contributed by atoms with Crippen molar-refractivity contribution in [3.05, 3.63) is 35.9 Å². The number of rotatable bonds is 14. The van der Waals surface area contributed by atoms with Crippen LogP contribution in [0.25, 0.3) is 11.3 Å². The maximum atomic E-state index is 10.7. The van der Waals surface area contributed by atoms with Crippen LogP contribution in [0.2, 0.25) is 0 Å². The zero-order chi connectivity index (χ0) is 24.3. The molecule has 0 unspecified atom stereocenters. The highest BCUT2D eigenvalue weighted by molar-refractivity contribution is 5.68. The zero-order valence-electron chi connectivity index (χ0n) is 21.4. The van der Waals surface area contributed by atoms with E-state index in [1.807, 2.05) is 32.0 Å². The number of aliphatic hydroxyl groups excluding tert-OH is 1. The number of methoxy groups -OCH3 is 1. The fourth-order valence-electron chi connectivity index (χ4n) is 4.72. The van der Waals surface area contributed by atoms with Crippen LogP contribution in [0.1, 0.15) is 57.9 Å². The molecule has 34 heavy (non-hydrogen) atoms. The molecule has 0 amide bonds. The van der Waals surface area contributed by atoms with Crippen LogP contribution in [0, 0.1) is 0 Å². The maximum absolute atomic E-state index is 10.7. The van der Waals surface area contributed by atoms with Gasteiger partial charge in [0.1, 0.15) is 5.69 Å². The number of benzene rings is 1. The molecule has 190 valence electrons. The first-order valence-electron chi connectivity index (χ1n) is 12.8. The van der Waals surface area contributed by atoms with E-state index in [-0.39, 0.29) is 6.10 Å². The van der Waals surface area contributed by atoms with Crippen LogP contribution in [0.5, 0.6) is 0 Å². The van der Waals surface area contributed by atoms with Crippen LogP contribution in [0.4, 0.5) is 5.88 Å². The monoisotopic (exact) mass is 473 g/mol. The summed E-state index contributed by atoms with van der Waals surface area (Å²) in [6.45, 7) is 6.94. The molecular weight excluding hydrogens is 430 g/mol. The molecular formula is C27H43N3O4. The third-order valence-corrected chi connectivity index (χ3v) is 6.55. The third kappa shape index (κ3) is 7.80. The lowest BCUT2D eigenvalue weighted by molar-refractivity contribution is -0.0103. The van der Waals surface area contributed by atoms with Gasteiger partial charge >= 0.3 is 0 Å². The van der Waals surface area contributed by atoms with Gasteiger partial charge in [0.25, 0.3) is 0 Å². The topological polar surface area (TPSA) is 71.2 Å². The second kappa shape index (κ2) is 13.8. The summed E-state index contributed by atoms with van der Waals surface area (Å²) in [4.78, 5) is 4.56. The molecule has 1 heterocycles. The molecule has 3 rings (SSSR count). The number of aliphatic hydroxyl groups is 1. The van der Waals surface area contributed by atoms with E-state index in [0.717, 1.165) is 35.7 Å². The van der Waals surface area contributed by atoms with Crippen molar-refractivity contribution >= 4 is 5.88 Å². The standard InChI is InChI=1S/C27H43N3O4/c1-21(2)33-20-24(31)18-30(16-11-17-32-4)19-25-26(22-12-7-5-8-13-22)28-34-27(25)29(3)23-14-9-6-10-15-23/h5,7-8,12-13,21,23-24,31H,6,9-11,14-20H2,1-4H3/t24-/m1/s1. The molecule has 1 aliphatic carbocycles. The molecule has 0 bridgehead atoms. The average Bonchev–Trinajstić information content (AvgIpc) is 3.26. The van der Waals surface area contributed by atoms with Gasteiger partial charge in [0, 0.05) is 52.0 Å². The van der Waals surface area contributed by atoms with Crippen LogP contribution >= 0.6 is 0 Å². The number of hydrogen-bond acceptors (Lipinski definition) is 7. The minimum atomic E-state index is -0.565. The Hall–Kier alpha value is -1.93. The van der Waals surface area contributed by atoms with Gasteiger partial charge in [0.2, 0.25) is 5.88 Å². The van der Waals surface area contributed by atoms with Gasteiger partial charge in [0.05, 0.1) is 24.4 Å². The lowest BCUT2D eigenvalue weighted by Crippen LogP contribution is -2.37. The van der Waals surface area contributed by atoms with Crippen molar-refractivity contribution in [2.45, 2.75) is 77.2 Å². The van der Waals surface area contributed by atoms with Crippen LogP contribution in [-0.4, -0.2) is 73.9 Å². The maximum Gasteiger partial charge on any atom is 0.232 e. The van der Waals surface area contributed by atoms with E-state index in [2.05, 4.69) is 34.1 Å². The Labute approximate surface area is 205 Å². The van der Waals surface area contributed by atoms with Crippen LogP contribution in [0.15, 0.2) is 34.9 Å². The second-order valence-electron chi connectivity index (χ2n) is 9.70. The summed E-state index contributed by atoms with van der Waals surface area (Å²) in [5, 5.41) is 15.2. The van der Waals surface area contributed by atoms with E-state index in [1.165, 1.54) is 32.1 Å². The predicted molar refractivity (Wildman–Crippen MR) is 136 cm³/mol. The summed E-state index contributed by atoms with van der Waals surface area (Å²) in [6, 6.07) is 10.7. The van der Waals surface area contributed by atoms with E-state index >= 15 is 0 Å². The van der Waals surface area contributed by atoms with Crippen LogP contribution < -0.4 is 4.90 Å². The number of nitrogens with zero attached hydrogens (tertiary/aromatic N) is 3. The molecule has 7 heteroatoms. The fraction of sp³-hybridized carbons (Fsp3) is 0.667. The minimum Gasteiger partial charge on any atom is -0.389 e. The fourth-order valence-corrected chi connectivity index (χ4v) is 4.72. The molecule has 1 aromatic heterocycles. The highest BCUT2D eigenvalue weighted by Gasteiger charge is 2.28. The Balaban J connectivity index is 1.86. The number of ether oxygens (including phenoxy) is 2. The molecule has 0 radical (unpaired) electrons. The third-order valence-electron chi connectivity index (χ3n) is 6.55. The van der Waals surface area contributed by atoms with E-state index in [9.17, 15) is 5.11 Å². The van der Waals surface area contributed by atoms with Crippen molar-refractivity contribution in [3.8, 4) is 11.3 Å². The summed E-state index contributed by atoms with van der Waals surface area (Å²) < 4.78 is 17.0. The quantitative estimate of drug-likeness (QED) is 0.398. The average molecular weight is 474 g/mol. The molecule has 0 saturated heterocycles. The second-order valence-corrected chi connectivity index (χ2v) is 9.70. The Kier molecular flexibility index (Phi) is 10.8. The molecule has 0 aliphatic heterocycles. The minimum absolute atomic E-state index is 0.0927. The first-order chi connectivity index (χ1) is 16.5. The molecule has 2 aromatic rings. The Morgan fingerprint density at radius 3 is 2.56 bits per heavy atom. The number of aromatic nitrogens is 1. The largest absolute Gasteiger partial charge is 0.389 e. The lowest BCUT2D eigenvalue weighted by Gasteiger charge is -2.32. The van der Waals surface area contributed by atoms with Gasteiger partial charge in [-0.2, -0.15) is 0 Å². The van der Waals surface area contributed by atoms with Crippen molar-refractivity contribution in [1.29, 1.82) is 0 Å². The molecule has 1 atom stereocenters. The summed E-state index contributed by atoms with van der Waals surface area (Å²) in [6.07, 6.45) is 6.60. The normalized spacial score (nSPS) is 15.9. The van der Waals surface area contributed by atoms with E-state index in [0.29, 0.717) is 32.3 Å². The van der Waals surface area contributed by atoms with Gasteiger partial charge in [-0.3, -0.25) is 4.90 Å². The van der Waals surface area contributed by atoms with Gasteiger partial charge in [-0.05, 0) is 33.1 Å². The smallest absolute Gasteiger partial charge is 0.232 e. The van der Waals surface area contributed by atoms with Crippen LogP contribution in [0.3, 0.4) is 0 Å². The molecule has 7 nitrogen and oxygen atoms in total.